The predicted molar refractivity (Wildman–Crippen MR) is 167 cm³/mol. The number of aromatic nitrogens is 3. The molecule has 3 heterocycles. The molecule has 1 aliphatic heterocycles. The molecule has 0 spiro atoms. The average Bonchev–Trinajstić information content (AvgIpc) is 3.24. The zero-order chi connectivity index (χ0) is 26.5. The van der Waals surface area contributed by atoms with Crippen LogP contribution in [0.4, 0.5) is 0 Å². The smallest absolute Gasteiger partial charge is 0.162 e. The van der Waals surface area contributed by atoms with Crippen molar-refractivity contribution < 1.29 is 0 Å². The summed E-state index contributed by atoms with van der Waals surface area (Å²) in [7, 11) is 0. The van der Waals surface area contributed by atoms with Gasteiger partial charge in [-0.05, 0) is 23.8 Å². The Balaban J connectivity index is 1.46. The Bertz CT molecular complexity index is 2020. The van der Waals surface area contributed by atoms with Crippen molar-refractivity contribution in [2.24, 2.45) is 0 Å². The van der Waals surface area contributed by atoms with Gasteiger partial charge in [-0.15, -0.1) is 0 Å². The summed E-state index contributed by atoms with van der Waals surface area (Å²) in [4.78, 5) is 12.7. The molecule has 0 saturated carbocycles. The Hall–Kier alpha value is -4.93. The van der Waals surface area contributed by atoms with Crippen molar-refractivity contribution in [3.8, 4) is 28.5 Å². The molecule has 188 valence electrons. The lowest BCUT2D eigenvalue weighted by Crippen LogP contribution is -2.03. The number of hydrogen-bond acceptors (Lipinski definition) is 3. The fourth-order valence-corrected chi connectivity index (χ4v) is 6.63. The van der Waals surface area contributed by atoms with E-state index in [2.05, 4.69) is 120 Å². The molecule has 0 amide bonds. The van der Waals surface area contributed by atoms with Gasteiger partial charge in [0.1, 0.15) is 5.82 Å². The normalized spacial score (nSPS) is 12.3. The number of fused-ring (bicyclic) bond motifs is 6. The quantitative estimate of drug-likeness (QED) is 0.228. The first-order chi connectivity index (χ1) is 19.8. The van der Waals surface area contributed by atoms with Gasteiger partial charge in [-0.2, -0.15) is 0 Å². The third-order valence-corrected chi connectivity index (χ3v) is 8.62. The highest BCUT2D eigenvalue weighted by Crippen LogP contribution is 2.43. The van der Waals surface area contributed by atoms with Gasteiger partial charge in [0.25, 0.3) is 0 Å². The molecule has 0 radical (unpaired) electrons. The van der Waals surface area contributed by atoms with E-state index in [1.807, 2.05) is 36.0 Å². The molecule has 4 heteroatoms. The fourth-order valence-electron chi connectivity index (χ4n) is 5.58. The van der Waals surface area contributed by atoms with Gasteiger partial charge in [-0.3, -0.25) is 4.57 Å². The maximum absolute atomic E-state index is 5.20. The van der Waals surface area contributed by atoms with Crippen LogP contribution in [0.15, 0.2) is 137 Å². The topological polar surface area (TPSA) is 30.7 Å². The van der Waals surface area contributed by atoms with Crippen molar-refractivity contribution in [3.05, 3.63) is 139 Å². The van der Waals surface area contributed by atoms with Crippen LogP contribution in [0, 0.1) is 0 Å². The van der Waals surface area contributed by atoms with E-state index in [9.17, 15) is 0 Å². The minimum absolute atomic E-state index is 0.710. The Morgan fingerprint density at radius 2 is 1.27 bits per heavy atom. The van der Waals surface area contributed by atoms with Crippen molar-refractivity contribution in [1.82, 2.24) is 14.5 Å². The molecule has 3 nitrogen and oxygen atoms in total. The van der Waals surface area contributed by atoms with Crippen LogP contribution < -0.4 is 0 Å². The molecule has 0 N–H and O–H groups in total. The monoisotopic (exact) mass is 529 g/mol. The second-order valence-electron chi connectivity index (χ2n) is 9.87. The zero-order valence-electron chi connectivity index (χ0n) is 21.5. The molecule has 0 unspecified atom stereocenters. The van der Waals surface area contributed by atoms with E-state index in [0.717, 1.165) is 33.7 Å². The first-order valence-electron chi connectivity index (χ1n) is 13.3. The standard InChI is InChI=1S/C36H23N3S/c1-3-11-24(12-4-1)30-23-34(38-36(37-30)26-14-5-2-6-15-26)39-31-17-9-8-16-27(31)28-21-22-33-29(35(28)39)20-19-25-13-7-10-18-32(25)40-33/h1-23H. The van der Waals surface area contributed by atoms with E-state index in [4.69, 9.17) is 9.97 Å². The van der Waals surface area contributed by atoms with Gasteiger partial charge in [-0.25, -0.2) is 9.97 Å². The number of benzene rings is 5. The van der Waals surface area contributed by atoms with Gasteiger partial charge in [0.2, 0.25) is 0 Å². The third kappa shape index (κ3) is 3.76. The predicted octanol–water partition coefficient (Wildman–Crippen LogP) is 9.54. The van der Waals surface area contributed by atoms with Crippen LogP contribution in [0.2, 0.25) is 0 Å². The second kappa shape index (κ2) is 9.37. The maximum Gasteiger partial charge on any atom is 0.162 e. The van der Waals surface area contributed by atoms with Crippen LogP contribution in [0.1, 0.15) is 11.1 Å². The summed E-state index contributed by atoms with van der Waals surface area (Å²) in [5.74, 6) is 1.56. The zero-order valence-corrected chi connectivity index (χ0v) is 22.3. The molecule has 8 rings (SSSR count). The summed E-state index contributed by atoms with van der Waals surface area (Å²) < 4.78 is 2.32. The lowest BCUT2D eigenvalue weighted by atomic mass is 10.1. The van der Waals surface area contributed by atoms with Crippen LogP contribution >= 0.6 is 11.8 Å². The third-order valence-electron chi connectivity index (χ3n) is 7.45. The van der Waals surface area contributed by atoms with Gasteiger partial charge in [-0.1, -0.05) is 127 Å². The Morgan fingerprint density at radius 1 is 0.550 bits per heavy atom. The highest BCUT2D eigenvalue weighted by molar-refractivity contribution is 7.99. The maximum atomic E-state index is 5.20. The molecule has 40 heavy (non-hydrogen) atoms. The first-order valence-corrected chi connectivity index (χ1v) is 14.2. The van der Waals surface area contributed by atoms with E-state index >= 15 is 0 Å². The molecule has 0 aliphatic carbocycles. The fraction of sp³-hybridized carbons (Fsp3) is 0. The van der Waals surface area contributed by atoms with Crippen molar-refractivity contribution in [2.75, 3.05) is 0 Å². The molecule has 2 aromatic heterocycles. The minimum atomic E-state index is 0.710. The number of rotatable bonds is 3. The molecular weight excluding hydrogens is 506 g/mol. The molecule has 5 aromatic carbocycles. The Kier molecular flexibility index (Phi) is 5.39. The summed E-state index contributed by atoms with van der Waals surface area (Å²) >= 11 is 1.82. The highest BCUT2D eigenvalue weighted by Gasteiger charge is 2.21. The van der Waals surface area contributed by atoms with Gasteiger partial charge in [0.15, 0.2) is 5.82 Å². The van der Waals surface area contributed by atoms with Crippen molar-refractivity contribution in [3.63, 3.8) is 0 Å². The van der Waals surface area contributed by atoms with Gasteiger partial charge < -0.3 is 0 Å². The van der Waals surface area contributed by atoms with E-state index in [-0.39, 0.29) is 0 Å². The number of para-hydroxylation sites is 1. The van der Waals surface area contributed by atoms with Crippen LogP contribution in [0.5, 0.6) is 0 Å². The summed E-state index contributed by atoms with van der Waals surface area (Å²) in [6.07, 6.45) is 4.50. The lowest BCUT2D eigenvalue weighted by molar-refractivity contribution is 1.04. The number of hydrogen-bond donors (Lipinski definition) is 0. The molecular formula is C36H23N3S. The van der Waals surface area contributed by atoms with Gasteiger partial charge in [0, 0.05) is 43.3 Å². The minimum Gasteiger partial charge on any atom is -0.293 e. The molecule has 0 bridgehead atoms. The Morgan fingerprint density at radius 3 is 2.12 bits per heavy atom. The van der Waals surface area contributed by atoms with Crippen LogP contribution in [-0.4, -0.2) is 14.5 Å². The van der Waals surface area contributed by atoms with Crippen LogP contribution in [-0.2, 0) is 0 Å². The molecule has 0 atom stereocenters. The summed E-state index contributed by atoms with van der Waals surface area (Å²) in [5, 5.41) is 2.42. The van der Waals surface area contributed by atoms with E-state index < -0.39 is 0 Å². The van der Waals surface area contributed by atoms with Crippen LogP contribution in [0.3, 0.4) is 0 Å². The van der Waals surface area contributed by atoms with E-state index in [1.165, 1.54) is 31.7 Å². The lowest BCUT2D eigenvalue weighted by Gasteiger charge is -2.14. The molecule has 0 fully saturated rings. The second-order valence-corrected chi connectivity index (χ2v) is 11.0. The average molecular weight is 530 g/mol. The largest absolute Gasteiger partial charge is 0.293 e. The Labute approximate surface area is 236 Å². The summed E-state index contributed by atoms with van der Waals surface area (Å²) in [6, 6.07) is 44.4. The van der Waals surface area contributed by atoms with Gasteiger partial charge >= 0.3 is 0 Å². The summed E-state index contributed by atoms with van der Waals surface area (Å²) in [6.45, 7) is 0. The number of nitrogens with zero attached hydrogens (tertiary/aromatic N) is 3. The SMILES string of the molecule is C1=Cc2c(ccc3c4ccccc4n(-c4cc(-c5ccccc5)nc(-c5ccccc5)n4)c23)Sc2ccccc21. The summed E-state index contributed by atoms with van der Waals surface area (Å²) in [5.41, 5.74) is 7.68. The highest BCUT2D eigenvalue weighted by atomic mass is 32.2. The van der Waals surface area contributed by atoms with Crippen molar-refractivity contribution in [2.45, 2.75) is 9.79 Å². The van der Waals surface area contributed by atoms with Crippen molar-refractivity contribution in [1.29, 1.82) is 0 Å². The molecule has 0 saturated heterocycles. The van der Waals surface area contributed by atoms with Crippen molar-refractivity contribution >= 4 is 45.7 Å². The van der Waals surface area contributed by atoms with Gasteiger partial charge in [0.05, 0.1) is 16.7 Å². The molecule has 7 aromatic rings. The van der Waals surface area contributed by atoms with E-state index in [1.54, 1.807) is 0 Å². The van der Waals surface area contributed by atoms with Crippen LogP contribution in [0.25, 0.3) is 62.4 Å². The first kappa shape index (κ1) is 23.0. The van der Waals surface area contributed by atoms with E-state index in [0.29, 0.717) is 5.82 Å². The molecule has 1 aliphatic rings.